The summed E-state index contributed by atoms with van der Waals surface area (Å²) in [7, 11) is -3.26. The smallest absolute Gasteiger partial charge is 0.214 e. The Bertz CT molecular complexity index is 788. The van der Waals surface area contributed by atoms with E-state index in [1.807, 2.05) is 35.2 Å². The van der Waals surface area contributed by atoms with Crippen molar-refractivity contribution in [2.24, 2.45) is 0 Å². The molecule has 0 atom stereocenters. The number of piperazine rings is 1. The van der Waals surface area contributed by atoms with Crippen LogP contribution in [0.4, 0.5) is 10.1 Å². The minimum Gasteiger partial charge on any atom is -0.367 e. The number of para-hydroxylation sites is 1. The van der Waals surface area contributed by atoms with Crippen molar-refractivity contribution in [2.45, 2.75) is 12.8 Å². The van der Waals surface area contributed by atoms with Gasteiger partial charge in [0.05, 0.1) is 11.4 Å². The molecule has 1 saturated heterocycles. The molecule has 1 aliphatic heterocycles. The molecule has 1 aliphatic rings. The monoisotopic (exact) mass is 362 g/mol. The second kappa shape index (κ2) is 7.97. The molecular weight excluding hydrogens is 339 g/mol. The molecule has 1 fully saturated rings. The topological polar surface area (TPSA) is 40.6 Å². The van der Waals surface area contributed by atoms with E-state index in [9.17, 15) is 12.8 Å². The molecule has 134 valence electrons. The van der Waals surface area contributed by atoms with Crippen LogP contribution in [-0.2, 0) is 16.4 Å². The van der Waals surface area contributed by atoms with Crippen LogP contribution in [0.1, 0.15) is 12.0 Å². The number of benzene rings is 2. The molecule has 0 aliphatic carbocycles. The first-order chi connectivity index (χ1) is 12.1. The Labute approximate surface area is 148 Å². The van der Waals surface area contributed by atoms with Gasteiger partial charge in [-0.2, -0.15) is 4.31 Å². The SMILES string of the molecule is O=S(=O)(CCCc1ccccc1)N1CCN(c2ccccc2F)CC1. The molecular formula is C19H23FN2O2S. The van der Waals surface area contributed by atoms with Crippen LogP contribution in [0.3, 0.4) is 0 Å². The maximum Gasteiger partial charge on any atom is 0.214 e. The van der Waals surface area contributed by atoms with Gasteiger partial charge in [0, 0.05) is 26.2 Å². The maximum absolute atomic E-state index is 13.9. The summed E-state index contributed by atoms with van der Waals surface area (Å²) in [4.78, 5) is 1.91. The molecule has 0 amide bonds. The van der Waals surface area contributed by atoms with Gasteiger partial charge in [-0.1, -0.05) is 42.5 Å². The number of aryl methyl sites for hydroxylation is 1. The highest BCUT2D eigenvalue weighted by Gasteiger charge is 2.27. The third-order valence-electron chi connectivity index (χ3n) is 4.54. The van der Waals surface area contributed by atoms with E-state index in [0.717, 1.165) is 12.0 Å². The normalized spacial score (nSPS) is 16.1. The molecule has 0 radical (unpaired) electrons. The summed E-state index contributed by atoms with van der Waals surface area (Å²) < 4.78 is 40.4. The van der Waals surface area contributed by atoms with Gasteiger partial charge in [0.25, 0.3) is 0 Å². The zero-order chi connectivity index (χ0) is 17.7. The van der Waals surface area contributed by atoms with Crippen LogP contribution >= 0.6 is 0 Å². The molecule has 6 heteroatoms. The third-order valence-corrected chi connectivity index (χ3v) is 6.49. The zero-order valence-corrected chi connectivity index (χ0v) is 15.0. The average molecular weight is 362 g/mol. The molecule has 0 aromatic heterocycles. The van der Waals surface area contributed by atoms with Crippen molar-refractivity contribution in [3.63, 3.8) is 0 Å². The van der Waals surface area contributed by atoms with E-state index in [1.165, 1.54) is 10.4 Å². The summed E-state index contributed by atoms with van der Waals surface area (Å²) in [5, 5.41) is 0. The Hall–Kier alpha value is -1.92. The minimum absolute atomic E-state index is 0.154. The van der Waals surface area contributed by atoms with Gasteiger partial charge in [-0.15, -0.1) is 0 Å². The minimum atomic E-state index is -3.26. The summed E-state index contributed by atoms with van der Waals surface area (Å²) >= 11 is 0. The van der Waals surface area contributed by atoms with E-state index in [-0.39, 0.29) is 11.6 Å². The van der Waals surface area contributed by atoms with E-state index < -0.39 is 10.0 Å². The van der Waals surface area contributed by atoms with Crippen LogP contribution in [0.5, 0.6) is 0 Å². The lowest BCUT2D eigenvalue weighted by Gasteiger charge is -2.35. The fourth-order valence-corrected chi connectivity index (χ4v) is 4.63. The van der Waals surface area contributed by atoms with Gasteiger partial charge in [-0.05, 0) is 30.5 Å². The van der Waals surface area contributed by atoms with E-state index in [1.54, 1.807) is 18.2 Å². The van der Waals surface area contributed by atoms with Gasteiger partial charge in [0.1, 0.15) is 5.82 Å². The Morgan fingerprint density at radius 1 is 0.880 bits per heavy atom. The van der Waals surface area contributed by atoms with E-state index in [2.05, 4.69) is 0 Å². The molecule has 4 nitrogen and oxygen atoms in total. The fourth-order valence-electron chi connectivity index (χ4n) is 3.15. The number of halogens is 1. The van der Waals surface area contributed by atoms with Gasteiger partial charge < -0.3 is 4.90 Å². The highest BCUT2D eigenvalue weighted by atomic mass is 32.2. The average Bonchev–Trinajstić information content (AvgIpc) is 2.63. The Kier molecular flexibility index (Phi) is 5.71. The van der Waals surface area contributed by atoms with Gasteiger partial charge >= 0.3 is 0 Å². The number of hydrogen-bond donors (Lipinski definition) is 0. The lowest BCUT2D eigenvalue weighted by molar-refractivity contribution is 0.382. The standard InChI is InChI=1S/C19H23FN2O2S/c20-18-10-4-5-11-19(18)21-12-14-22(15-13-21)25(23,24)16-6-9-17-7-2-1-3-8-17/h1-5,7-8,10-11H,6,9,12-16H2. The molecule has 2 aromatic carbocycles. The molecule has 3 rings (SSSR count). The summed E-state index contributed by atoms with van der Waals surface area (Å²) in [6, 6.07) is 16.5. The highest BCUT2D eigenvalue weighted by Crippen LogP contribution is 2.21. The number of hydrogen-bond acceptors (Lipinski definition) is 3. The summed E-state index contributed by atoms with van der Waals surface area (Å²) in [6.45, 7) is 1.84. The first-order valence-electron chi connectivity index (χ1n) is 8.57. The van der Waals surface area contributed by atoms with E-state index >= 15 is 0 Å². The molecule has 25 heavy (non-hydrogen) atoms. The lowest BCUT2D eigenvalue weighted by Crippen LogP contribution is -2.49. The van der Waals surface area contributed by atoms with Crippen LogP contribution in [0, 0.1) is 5.82 Å². The van der Waals surface area contributed by atoms with Gasteiger partial charge in [0.15, 0.2) is 0 Å². The predicted octanol–water partition coefficient (Wildman–Crippen LogP) is 2.91. The van der Waals surface area contributed by atoms with Crippen molar-refractivity contribution >= 4 is 15.7 Å². The van der Waals surface area contributed by atoms with Crippen molar-refractivity contribution in [3.05, 3.63) is 66.0 Å². The van der Waals surface area contributed by atoms with Crippen molar-refractivity contribution in [2.75, 3.05) is 36.8 Å². The number of nitrogens with zero attached hydrogens (tertiary/aromatic N) is 2. The van der Waals surface area contributed by atoms with E-state index in [0.29, 0.717) is 38.3 Å². The highest BCUT2D eigenvalue weighted by molar-refractivity contribution is 7.89. The van der Waals surface area contributed by atoms with Crippen LogP contribution in [0.2, 0.25) is 0 Å². The molecule has 2 aromatic rings. The third kappa shape index (κ3) is 4.58. The van der Waals surface area contributed by atoms with Crippen LogP contribution in [-0.4, -0.2) is 44.7 Å². The van der Waals surface area contributed by atoms with Crippen molar-refractivity contribution in [3.8, 4) is 0 Å². The second-order valence-corrected chi connectivity index (χ2v) is 8.33. The Balaban J connectivity index is 1.52. The Morgan fingerprint density at radius 2 is 1.52 bits per heavy atom. The van der Waals surface area contributed by atoms with E-state index in [4.69, 9.17) is 0 Å². The summed E-state index contributed by atoms with van der Waals surface area (Å²) in [5.74, 6) is -0.108. The zero-order valence-electron chi connectivity index (χ0n) is 14.1. The van der Waals surface area contributed by atoms with Crippen LogP contribution < -0.4 is 4.90 Å². The summed E-state index contributed by atoms with van der Waals surface area (Å²) in [6.07, 6.45) is 1.37. The number of anilines is 1. The van der Waals surface area contributed by atoms with Crippen molar-refractivity contribution in [1.29, 1.82) is 0 Å². The number of sulfonamides is 1. The predicted molar refractivity (Wildman–Crippen MR) is 98.7 cm³/mol. The van der Waals surface area contributed by atoms with Crippen molar-refractivity contribution in [1.82, 2.24) is 4.31 Å². The molecule has 1 heterocycles. The Morgan fingerprint density at radius 3 is 2.20 bits per heavy atom. The molecule has 0 saturated carbocycles. The first kappa shape index (κ1) is 17.9. The second-order valence-electron chi connectivity index (χ2n) is 6.24. The van der Waals surface area contributed by atoms with Crippen LogP contribution in [0.25, 0.3) is 0 Å². The quantitative estimate of drug-likeness (QED) is 0.793. The molecule has 0 unspecified atom stereocenters. The van der Waals surface area contributed by atoms with Gasteiger partial charge in [-0.25, -0.2) is 12.8 Å². The lowest BCUT2D eigenvalue weighted by atomic mass is 10.1. The van der Waals surface area contributed by atoms with Gasteiger partial charge in [-0.3, -0.25) is 0 Å². The van der Waals surface area contributed by atoms with Crippen LogP contribution in [0.15, 0.2) is 54.6 Å². The molecule has 0 bridgehead atoms. The van der Waals surface area contributed by atoms with Crippen molar-refractivity contribution < 1.29 is 12.8 Å². The molecule has 0 spiro atoms. The number of rotatable bonds is 6. The summed E-state index contributed by atoms with van der Waals surface area (Å²) in [5.41, 5.74) is 1.70. The molecule has 0 N–H and O–H groups in total. The first-order valence-corrected chi connectivity index (χ1v) is 10.2. The fraction of sp³-hybridized carbons (Fsp3) is 0.368. The van der Waals surface area contributed by atoms with Gasteiger partial charge in [0.2, 0.25) is 10.0 Å². The maximum atomic E-state index is 13.9. The largest absolute Gasteiger partial charge is 0.367 e.